The molecule has 4 rings (SSSR count). The second-order valence-electron chi connectivity index (χ2n) is 6.73. The first-order valence-corrected chi connectivity index (χ1v) is 9.02. The van der Waals surface area contributed by atoms with Gasteiger partial charge < -0.3 is 5.11 Å². The number of fused-ring (bicyclic) bond motifs is 1. The third-order valence-electron chi connectivity index (χ3n) is 4.82. The molecule has 0 saturated heterocycles. The van der Waals surface area contributed by atoms with Gasteiger partial charge in [-0.05, 0) is 55.4 Å². The Hall–Kier alpha value is -2.28. The molecule has 3 N–H and O–H groups in total. The molecule has 0 amide bonds. The summed E-state index contributed by atoms with van der Waals surface area (Å²) in [6, 6.07) is 6.79. The summed E-state index contributed by atoms with van der Waals surface area (Å²) in [5.41, 5.74) is 7.10. The van der Waals surface area contributed by atoms with Crippen molar-refractivity contribution in [3.05, 3.63) is 49.5 Å². The number of nitrogens with one attached hydrogen (secondary N) is 2. The zero-order valence-electron chi connectivity index (χ0n) is 13.5. The molecule has 2 aromatic rings. The molecule has 0 radical (unpaired) electrons. The minimum atomic E-state index is -0.305. The number of phenolic OH excluding ortho intramolecular Hbond substituents is 1. The second-order valence-corrected chi connectivity index (χ2v) is 7.73. The molecule has 2 heterocycles. The van der Waals surface area contributed by atoms with E-state index in [2.05, 4.69) is 22.9 Å². The molecule has 24 heavy (non-hydrogen) atoms. The summed E-state index contributed by atoms with van der Waals surface area (Å²) in [5.74, 6) is 0.932. The van der Waals surface area contributed by atoms with Gasteiger partial charge >= 0.3 is 0 Å². The molecular weight excluding hydrogens is 324 g/mol. The summed E-state index contributed by atoms with van der Waals surface area (Å²) >= 11 is 1.35. The maximum absolute atomic E-state index is 12.7. The van der Waals surface area contributed by atoms with Crippen molar-refractivity contribution in [1.29, 1.82) is 0 Å². The van der Waals surface area contributed by atoms with E-state index in [1.165, 1.54) is 11.3 Å². The summed E-state index contributed by atoms with van der Waals surface area (Å²) in [6.07, 6.45) is 5.98. The summed E-state index contributed by atoms with van der Waals surface area (Å²) < 4.78 is 2.19. The van der Waals surface area contributed by atoms with Crippen LogP contribution in [0.3, 0.4) is 0 Å². The summed E-state index contributed by atoms with van der Waals surface area (Å²) in [5, 5.41) is 13.8. The van der Waals surface area contributed by atoms with E-state index in [-0.39, 0.29) is 17.0 Å². The fourth-order valence-corrected chi connectivity index (χ4v) is 4.12. The molecule has 6 nitrogen and oxygen atoms in total. The molecule has 1 saturated carbocycles. The first-order valence-electron chi connectivity index (χ1n) is 8.20. The Bertz CT molecular complexity index is 921. The number of hydrogen-bond donors (Lipinski definition) is 3. The van der Waals surface area contributed by atoms with Gasteiger partial charge in [-0.2, -0.15) is 4.68 Å². The van der Waals surface area contributed by atoms with Gasteiger partial charge in [-0.25, -0.2) is 0 Å². The Morgan fingerprint density at radius 3 is 2.75 bits per heavy atom. The topological polar surface area (TPSA) is 78.7 Å². The summed E-state index contributed by atoms with van der Waals surface area (Å²) in [4.78, 5) is 13.4. The molecule has 7 heteroatoms. The van der Waals surface area contributed by atoms with Crippen LogP contribution in [-0.4, -0.2) is 15.4 Å². The second kappa shape index (κ2) is 5.66. The molecule has 1 fully saturated rings. The lowest BCUT2D eigenvalue weighted by molar-refractivity contribution is 0.195. The van der Waals surface area contributed by atoms with E-state index in [0.717, 1.165) is 37.2 Å². The van der Waals surface area contributed by atoms with E-state index in [0.29, 0.717) is 9.33 Å². The van der Waals surface area contributed by atoms with Crippen LogP contribution < -0.4 is 25.7 Å². The average molecular weight is 344 g/mol. The predicted molar refractivity (Wildman–Crippen MR) is 93.9 cm³/mol. The van der Waals surface area contributed by atoms with Crippen molar-refractivity contribution < 1.29 is 5.11 Å². The Labute approximate surface area is 143 Å². The highest BCUT2D eigenvalue weighted by atomic mass is 32.1. The van der Waals surface area contributed by atoms with E-state index in [1.807, 2.05) is 6.08 Å². The van der Waals surface area contributed by atoms with E-state index in [4.69, 9.17) is 0 Å². The summed E-state index contributed by atoms with van der Waals surface area (Å²) in [7, 11) is 0. The van der Waals surface area contributed by atoms with Gasteiger partial charge in [-0.15, -0.1) is 5.10 Å². The number of thiazole rings is 1. The highest BCUT2D eigenvalue weighted by molar-refractivity contribution is 7.07. The molecule has 1 aromatic heterocycles. The molecule has 126 valence electrons. The van der Waals surface area contributed by atoms with Gasteiger partial charge in [0.2, 0.25) is 4.80 Å². The van der Waals surface area contributed by atoms with Crippen LogP contribution in [0.1, 0.15) is 38.2 Å². The van der Waals surface area contributed by atoms with E-state index >= 15 is 0 Å². The molecule has 0 bridgehead atoms. The molecular formula is C17H20N4O2S. The number of aromatic hydroxyl groups is 1. The minimum Gasteiger partial charge on any atom is -0.508 e. The van der Waals surface area contributed by atoms with Crippen molar-refractivity contribution in [3.8, 4) is 5.75 Å². The number of rotatable bonds is 1. The SMILES string of the molecule is CC1CCC2(CC1)NN=c1s/c(=C/c3ccc(O)cc3)c(=O)n1N2. The molecule has 0 unspecified atom stereocenters. The van der Waals surface area contributed by atoms with Gasteiger partial charge in [0.1, 0.15) is 11.4 Å². The van der Waals surface area contributed by atoms with Crippen molar-refractivity contribution in [2.24, 2.45) is 11.0 Å². The first kappa shape index (κ1) is 15.3. The Morgan fingerprint density at radius 2 is 2.04 bits per heavy atom. The minimum absolute atomic E-state index is 0.0775. The van der Waals surface area contributed by atoms with Crippen molar-refractivity contribution in [2.45, 2.75) is 38.3 Å². The number of nitrogens with zero attached hydrogens (tertiary/aromatic N) is 2. The number of aromatic nitrogens is 1. The lowest BCUT2D eigenvalue weighted by Gasteiger charge is -2.41. The van der Waals surface area contributed by atoms with Crippen LogP contribution in [0.25, 0.3) is 6.08 Å². The van der Waals surface area contributed by atoms with Gasteiger partial charge in [-0.1, -0.05) is 30.4 Å². The Balaban J connectivity index is 1.70. The van der Waals surface area contributed by atoms with Crippen LogP contribution in [0, 0.1) is 5.92 Å². The van der Waals surface area contributed by atoms with Crippen molar-refractivity contribution in [2.75, 3.05) is 5.43 Å². The van der Waals surface area contributed by atoms with Crippen LogP contribution in [-0.2, 0) is 0 Å². The molecule has 1 aliphatic carbocycles. The number of benzene rings is 1. The molecule has 1 aromatic carbocycles. The molecule has 1 spiro atoms. The fourth-order valence-electron chi connectivity index (χ4n) is 3.24. The molecule has 1 aliphatic heterocycles. The van der Waals surface area contributed by atoms with Crippen LogP contribution in [0.2, 0.25) is 0 Å². The van der Waals surface area contributed by atoms with Crippen molar-refractivity contribution in [3.63, 3.8) is 0 Å². The Morgan fingerprint density at radius 1 is 1.33 bits per heavy atom. The maximum atomic E-state index is 12.7. The van der Waals surface area contributed by atoms with Crippen LogP contribution in [0.15, 0.2) is 34.2 Å². The zero-order valence-corrected chi connectivity index (χ0v) is 14.3. The third kappa shape index (κ3) is 2.69. The average Bonchev–Trinajstić information content (AvgIpc) is 2.89. The quantitative estimate of drug-likeness (QED) is 0.722. The van der Waals surface area contributed by atoms with Gasteiger partial charge in [0.05, 0.1) is 4.53 Å². The maximum Gasteiger partial charge on any atom is 0.289 e. The predicted octanol–water partition coefficient (Wildman–Crippen LogP) is 1.03. The van der Waals surface area contributed by atoms with E-state index < -0.39 is 0 Å². The van der Waals surface area contributed by atoms with Crippen LogP contribution in [0.4, 0.5) is 0 Å². The van der Waals surface area contributed by atoms with E-state index in [1.54, 1.807) is 28.9 Å². The molecule has 0 atom stereocenters. The standard InChI is InChI=1S/C17H20N4O2S/c1-11-6-8-17(9-7-11)19-18-16-21(20-17)15(23)14(24-16)10-12-2-4-13(22)5-3-12/h2-5,10-11,19-20,22H,6-9H2,1H3/b14-10+. The van der Waals surface area contributed by atoms with Gasteiger partial charge in [0, 0.05) is 0 Å². The smallest absolute Gasteiger partial charge is 0.289 e. The first-order chi connectivity index (χ1) is 11.5. The lowest BCUT2D eigenvalue weighted by atomic mass is 9.83. The van der Waals surface area contributed by atoms with Crippen molar-refractivity contribution >= 4 is 17.4 Å². The van der Waals surface area contributed by atoms with Gasteiger partial charge in [-0.3, -0.25) is 15.6 Å². The lowest BCUT2D eigenvalue weighted by Crippen LogP contribution is -2.62. The van der Waals surface area contributed by atoms with Gasteiger partial charge in [0.25, 0.3) is 5.56 Å². The molecule has 2 aliphatic rings. The Kier molecular flexibility index (Phi) is 3.60. The zero-order chi connectivity index (χ0) is 16.7. The third-order valence-corrected chi connectivity index (χ3v) is 5.79. The number of hydrogen-bond acceptors (Lipinski definition) is 6. The highest BCUT2D eigenvalue weighted by Gasteiger charge is 2.36. The normalized spacial score (nSPS) is 26.4. The summed E-state index contributed by atoms with van der Waals surface area (Å²) in [6.45, 7) is 2.26. The van der Waals surface area contributed by atoms with Crippen LogP contribution in [0.5, 0.6) is 5.75 Å². The van der Waals surface area contributed by atoms with Crippen LogP contribution >= 0.6 is 11.3 Å². The van der Waals surface area contributed by atoms with E-state index in [9.17, 15) is 9.90 Å². The highest BCUT2D eigenvalue weighted by Crippen LogP contribution is 2.31. The van der Waals surface area contributed by atoms with Crippen molar-refractivity contribution in [1.82, 2.24) is 10.1 Å². The largest absolute Gasteiger partial charge is 0.508 e. The van der Waals surface area contributed by atoms with Gasteiger partial charge in [0.15, 0.2) is 0 Å². The fraction of sp³-hybridized carbons (Fsp3) is 0.412. The monoisotopic (exact) mass is 344 g/mol. The number of phenols is 1.